The molecule has 0 aliphatic heterocycles. The number of ether oxygens (including phenoxy) is 2. The highest BCUT2D eigenvalue weighted by Gasteiger charge is 2.01. The van der Waals surface area contributed by atoms with Crippen LogP contribution in [0.3, 0.4) is 0 Å². The van der Waals surface area contributed by atoms with E-state index in [0.29, 0.717) is 24.5 Å². The van der Waals surface area contributed by atoms with E-state index in [1.807, 2.05) is 26.0 Å². The zero-order chi connectivity index (χ0) is 21.1. The predicted octanol–water partition coefficient (Wildman–Crippen LogP) is 4.15. The monoisotopic (exact) mass is 379 g/mol. The van der Waals surface area contributed by atoms with Gasteiger partial charge in [0.1, 0.15) is 36.3 Å². The third kappa shape index (κ3) is 16.2. The first-order valence-electron chi connectivity index (χ1n) is 7.85. The number of furan rings is 2. The molecule has 0 saturated heterocycles. The summed E-state index contributed by atoms with van der Waals surface area (Å²) >= 11 is 0. The molecule has 0 radical (unpaired) electrons. The fourth-order valence-electron chi connectivity index (χ4n) is 1.37. The zero-order valence-corrected chi connectivity index (χ0v) is 14.7. The van der Waals surface area contributed by atoms with Crippen molar-refractivity contribution in [3.63, 3.8) is 0 Å². The maximum Gasteiger partial charge on any atom is 0.535 e. The average molecular weight is 379 g/mol. The Morgan fingerprint density at radius 3 is 1.58 bits per heavy atom. The van der Waals surface area contributed by atoms with Gasteiger partial charge in [0.25, 0.3) is 12.9 Å². The molecule has 0 aromatic carbocycles. The number of hydrogen-bond donors (Lipinski definition) is 0. The molecule has 10 heteroatoms. The summed E-state index contributed by atoms with van der Waals surface area (Å²) in [4.78, 5) is 19.6. The molecule has 0 fully saturated rings. The quantitative estimate of drug-likeness (QED) is 0.554. The molecule has 2 rings (SSSR count). The highest BCUT2D eigenvalue weighted by Crippen LogP contribution is 2.09. The fourth-order valence-corrected chi connectivity index (χ4v) is 1.37. The summed E-state index contributed by atoms with van der Waals surface area (Å²) in [6.45, 7) is 5.56. The molecule has 0 aliphatic rings. The minimum atomic E-state index is -2.17. The lowest BCUT2D eigenvalue weighted by Gasteiger charge is -1.94. The van der Waals surface area contributed by atoms with Crippen molar-refractivity contribution in [2.24, 2.45) is 0 Å². The number of carbonyl (C=O) groups excluding carboxylic acids is 2. The second-order valence-electron chi connectivity index (χ2n) is 4.36. The average Bonchev–Trinajstić information content (AvgIpc) is 3.20. The smallest absolute Gasteiger partial charge is 0.467 e. The Morgan fingerprint density at radius 1 is 1.00 bits per heavy atom. The van der Waals surface area contributed by atoms with Gasteiger partial charge < -0.3 is 18.3 Å². The van der Waals surface area contributed by atoms with Gasteiger partial charge in [-0.1, -0.05) is 0 Å². The van der Waals surface area contributed by atoms with Gasteiger partial charge in [0.05, 0.1) is 8.52 Å². The van der Waals surface area contributed by atoms with Gasteiger partial charge >= 0.3 is 7.27 Å². The minimum Gasteiger partial charge on any atom is -0.467 e. The number of halogens is 3. The Hall–Kier alpha value is -2.65. The first kappa shape index (κ1) is 23.4. The fraction of sp³-hybridized carbons (Fsp3) is 0.375. The van der Waals surface area contributed by atoms with Crippen molar-refractivity contribution >= 4 is 20.2 Å². The maximum absolute atomic E-state index is 10.3. The number of alkyl halides is 1. The van der Waals surface area contributed by atoms with Gasteiger partial charge in [-0.3, -0.25) is 22.6 Å². The van der Waals surface area contributed by atoms with Crippen molar-refractivity contribution in [1.29, 1.82) is 0 Å². The topological polar surface area (TPSA) is 78.9 Å². The van der Waals surface area contributed by atoms with Gasteiger partial charge in [-0.25, -0.2) is 0 Å². The molecule has 0 atom stereocenters. The molecule has 0 unspecified atom stereocenters. The van der Waals surface area contributed by atoms with E-state index in [1.165, 1.54) is 0 Å². The Labute approximate surface area is 151 Å². The van der Waals surface area contributed by atoms with Crippen LogP contribution in [0.2, 0.25) is 6.82 Å². The van der Waals surface area contributed by atoms with Gasteiger partial charge in [-0.05, 0) is 44.9 Å². The van der Waals surface area contributed by atoms with Gasteiger partial charge in [-0.2, -0.15) is 0 Å². The van der Waals surface area contributed by atoms with Gasteiger partial charge in [0.2, 0.25) is 0 Å². The van der Waals surface area contributed by atoms with E-state index in [4.69, 9.17) is 10.2 Å². The summed E-state index contributed by atoms with van der Waals surface area (Å²) in [6, 6.07) is 7.20. The molecule has 2 aromatic rings. The lowest BCUT2D eigenvalue weighted by atomic mass is 10.1. The second kappa shape index (κ2) is 17.2. The number of rotatable bonds is 6. The molecular weight excluding hydrogens is 356 g/mol. The van der Waals surface area contributed by atoms with Crippen molar-refractivity contribution in [3.8, 4) is 0 Å². The molecule has 0 N–H and O–H groups in total. The molecule has 0 aliphatic carbocycles. The molecule has 0 amide bonds. The van der Waals surface area contributed by atoms with E-state index in [1.54, 1.807) is 12.1 Å². The normalized spacial score (nSPS) is 8.92. The highest BCUT2D eigenvalue weighted by atomic mass is 19.2. The molecule has 2 aromatic heterocycles. The number of aryl methyl sites for hydroxylation is 2. The Kier molecular flexibility index (Phi) is 15.4. The van der Waals surface area contributed by atoms with Crippen LogP contribution >= 0.6 is 0 Å². The van der Waals surface area contributed by atoms with Crippen molar-refractivity contribution in [1.82, 2.24) is 0 Å². The van der Waals surface area contributed by atoms with Gasteiger partial charge in [0.15, 0.2) is 0 Å². The summed E-state index contributed by atoms with van der Waals surface area (Å²) in [7, 11) is -3.17. The first-order valence-corrected chi connectivity index (χ1v) is 7.15. The molecular formula is C16H22BF3O6. The molecule has 0 bridgehead atoms. The Bertz CT molecular complexity index is 561. The third-order valence-corrected chi connectivity index (χ3v) is 2.18. The molecule has 0 saturated carbocycles. The predicted molar refractivity (Wildman–Crippen MR) is 89.5 cm³/mol. The number of hydrogen-bond acceptors (Lipinski definition) is 6. The molecule has 26 heavy (non-hydrogen) atoms. The van der Waals surface area contributed by atoms with Crippen LogP contribution in [0, 0.1) is 13.8 Å². The molecule has 0 spiro atoms. The number of carbonyl (C=O) groups is 2. The lowest BCUT2D eigenvalue weighted by Crippen LogP contribution is -1.88. The van der Waals surface area contributed by atoms with Crippen molar-refractivity contribution in [2.45, 2.75) is 33.9 Å². The lowest BCUT2D eigenvalue weighted by molar-refractivity contribution is -0.130. The van der Waals surface area contributed by atoms with Crippen LogP contribution in [0.5, 0.6) is 0 Å². The van der Waals surface area contributed by atoms with Gasteiger partial charge in [0, 0.05) is 0 Å². The molecule has 2 heterocycles. The van der Waals surface area contributed by atoms with Gasteiger partial charge in [-0.15, -0.1) is 0 Å². The third-order valence-electron chi connectivity index (χ3n) is 2.18. The van der Waals surface area contributed by atoms with E-state index in [-0.39, 0.29) is 13.2 Å². The van der Waals surface area contributed by atoms with E-state index < -0.39 is 14.4 Å². The largest absolute Gasteiger partial charge is 0.535 e. The maximum atomic E-state index is 10.3. The van der Waals surface area contributed by atoms with E-state index in [0.717, 1.165) is 18.3 Å². The summed E-state index contributed by atoms with van der Waals surface area (Å²) < 4.78 is 55.3. The summed E-state index contributed by atoms with van der Waals surface area (Å²) in [5.41, 5.74) is 0. The van der Waals surface area contributed by atoms with Crippen molar-refractivity contribution < 1.29 is 42.3 Å². The van der Waals surface area contributed by atoms with Crippen LogP contribution < -0.4 is 0 Å². The van der Waals surface area contributed by atoms with Crippen molar-refractivity contribution in [2.75, 3.05) is 7.15 Å². The Balaban J connectivity index is 0. The molecule has 146 valence electrons. The second-order valence-corrected chi connectivity index (χ2v) is 4.36. The zero-order valence-electron chi connectivity index (χ0n) is 15.7. The minimum absolute atomic E-state index is 0.0879. The summed E-state index contributed by atoms with van der Waals surface area (Å²) in [5, 5.41) is 0. The van der Waals surface area contributed by atoms with Crippen molar-refractivity contribution in [3.05, 3.63) is 47.3 Å². The van der Waals surface area contributed by atoms with Crippen LogP contribution in [0.25, 0.3) is 0 Å². The van der Waals surface area contributed by atoms with Crippen LogP contribution in [0.1, 0.15) is 24.4 Å². The highest BCUT2D eigenvalue weighted by molar-refractivity contribution is 6.40. The Morgan fingerprint density at radius 2 is 1.35 bits per heavy atom. The van der Waals surface area contributed by atoms with Crippen LogP contribution in [-0.2, 0) is 32.3 Å². The van der Waals surface area contributed by atoms with Crippen LogP contribution in [0.4, 0.5) is 13.0 Å². The SMILES string of the molecule is CB(F)F.Cc1ccc(C)o1.O=COCc1ccc(COC=O)o1.[2H]CF. The van der Waals surface area contributed by atoms with E-state index in [9.17, 15) is 22.6 Å². The van der Waals surface area contributed by atoms with Crippen LogP contribution in [-0.4, -0.2) is 27.4 Å². The molecule has 6 nitrogen and oxygen atoms in total. The van der Waals surface area contributed by atoms with E-state index in [2.05, 4.69) is 9.47 Å². The first-order chi connectivity index (χ1) is 12.8. The summed E-state index contributed by atoms with van der Waals surface area (Å²) in [6.07, 6.45) is 0. The summed E-state index contributed by atoms with van der Waals surface area (Å²) in [5.74, 6) is 2.99. The van der Waals surface area contributed by atoms with Crippen LogP contribution in [0.15, 0.2) is 33.1 Å². The standard InChI is InChI=1S/C8H8O5.C6H8O.CH3BF2.CH3F/c9-5-11-3-7-1-2-8(13-7)4-12-6-10;1-5-3-4-6(2)7-5;1-2(3)4;1-2/h1-2,5-6H,3-4H2;3-4H,1-2H3;1H3;1H3/i;;;1D. The van der Waals surface area contributed by atoms with E-state index >= 15 is 0 Å².